The molecule has 0 radical (unpaired) electrons. The number of nitrogens with one attached hydrogen (secondary N) is 2. The molecule has 1 aliphatic rings. The van der Waals surface area contributed by atoms with Crippen LogP contribution in [-0.4, -0.2) is 35.5 Å². The van der Waals surface area contributed by atoms with Crippen LogP contribution >= 0.6 is 0 Å². The van der Waals surface area contributed by atoms with E-state index in [0.29, 0.717) is 0 Å². The van der Waals surface area contributed by atoms with Crippen LogP contribution < -0.4 is 16.4 Å². The van der Waals surface area contributed by atoms with Crippen LogP contribution in [0.3, 0.4) is 0 Å². The van der Waals surface area contributed by atoms with E-state index in [1.807, 2.05) is 49.4 Å². The summed E-state index contributed by atoms with van der Waals surface area (Å²) in [6.07, 6.45) is 1.05. The Morgan fingerprint density at radius 2 is 1.83 bits per heavy atom. The predicted molar refractivity (Wildman–Crippen MR) is 114 cm³/mol. The zero-order valence-electron chi connectivity index (χ0n) is 17.2. The van der Waals surface area contributed by atoms with Crippen molar-refractivity contribution in [3.8, 4) is 0 Å². The van der Waals surface area contributed by atoms with E-state index in [2.05, 4.69) is 34.6 Å². The van der Waals surface area contributed by atoms with Crippen LogP contribution in [0.1, 0.15) is 42.5 Å². The number of hydrogen-bond acceptors (Lipinski definition) is 3. The molecule has 3 rings (SSSR count). The van der Waals surface area contributed by atoms with Crippen LogP contribution in [0, 0.1) is 6.92 Å². The van der Waals surface area contributed by atoms with Crippen LogP contribution in [0.15, 0.2) is 54.6 Å². The Balaban J connectivity index is 1.61. The van der Waals surface area contributed by atoms with E-state index in [1.54, 1.807) is 0 Å². The largest absolute Gasteiger partial charge is 0.352 e. The molecule has 0 aliphatic carbocycles. The zero-order valence-corrected chi connectivity index (χ0v) is 17.2. The van der Waals surface area contributed by atoms with Crippen molar-refractivity contribution < 1.29 is 9.59 Å². The van der Waals surface area contributed by atoms with Gasteiger partial charge in [-0.25, -0.2) is 4.79 Å². The van der Waals surface area contributed by atoms with Gasteiger partial charge in [-0.05, 0) is 37.0 Å². The van der Waals surface area contributed by atoms with Crippen molar-refractivity contribution in [3.63, 3.8) is 0 Å². The van der Waals surface area contributed by atoms with Gasteiger partial charge in [0.15, 0.2) is 0 Å². The van der Waals surface area contributed by atoms with Gasteiger partial charge in [-0.1, -0.05) is 54.6 Å². The molecule has 1 aliphatic heterocycles. The molecule has 29 heavy (non-hydrogen) atoms. The van der Waals surface area contributed by atoms with Crippen molar-refractivity contribution in [2.75, 3.05) is 13.1 Å². The molecule has 2 unspecified atom stereocenters. The number of amides is 3. The number of nitrogens with two attached hydrogens (primary N) is 1. The van der Waals surface area contributed by atoms with Crippen LogP contribution in [0.4, 0.5) is 4.79 Å². The normalized spacial score (nSPS) is 20.2. The molecule has 0 saturated carbocycles. The number of carbonyl (C=O) groups is 2. The molecule has 6 heteroatoms. The third-order valence-electron chi connectivity index (χ3n) is 5.51. The lowest BCUT2D eigenvalue weighted by molar-refractivity contribution is -0.123. The lowest BCUT2D eigenvalue weighted by Crippen LogP contribution is -2.49. The summed E-state index contributed by atoms with van der Waals surface area (Å²) >= 11 is 0. The second-order valence-corrected chi connectivity index (χ2v) is 8.18. The van der Waals surface area contributed by atoms with Gasteiger partial charge in [0.2, 0.25) is 5.91 Å². The highest BCUT2D eigenvalue weighted by atomic mass is 16.2. The van der Waals surface area contributed by atoms with E-state index in [0.717, 1.165) is 37.2 Å². The number of carbonyl (C=O) groups excluding carboxylic acids is 2. The molecule has 6 nitrogen and oxygen atoms in total. The van der Waals surface area contributed by atoms with Gasteiger partial charge in [0.1, 0.15) is 0 Å². The SMILES string of the molecule is Cc1ccccc1C(CC(=O)NC1(C)CCN(Cc2ccccc2)C1)NC(N)=O. The van der Waals surface area contributed by atoms with Gasteiger partial charge in [0.25, 0.3) is 0 Å². The van der Waals surface area contributed by atoms with Gasteiger partial charge >= 0.3 is 6.03 Å². The molecule has 1 heterocycles. The highest BCUT2D eigenvalue weighted by Gasteiger charge is 2.35. The van der Waals surface area contributed by atoms with Gasteiger partial charge in [0.05, 0.1) is 18.0 Å². The summed E-state index contributed by atoms with van der Waals surface area (Å²) in [6.45, 7) is 6.66. The van der Waals surface area contributed by atoms with Crippen molar-refractivity contribution in [1.29, 1.82) is 0 Å². The number of hydrogen-bond donors (Lipinski definition) is 3. The van der Waals surface area contributed by atoms with Crippen LogP contribution in [0.2, 0.25) is 0 Å². The first-order valence-electron chi connectivity index (χ1n) is 10.0. The van der Waals surface area contributed by atoms with Crippen molar-refractivity contribution in [2.24, 2.45) is 5.73 Å². The van der Waals surface area contributed by atoms with Crippen LogP contribution in [0.25, 0.3) is 0 Å². The van der Waals surface area contributed by atoms with E-state index in [9.17, 15) is 9.59 Å². The molecule has 1 fully saturated rings. The monoisotopic (exact) mass is 394 g/mol. The number of primary amides is 1. The van der Waals surface area contributed by atoms with E-state index in [4.69, 9.17) is 5.73 Å². The smallest absolute Gasteiger partial charge is 0.312 e. The Kier molecular flexibility index (Phi) is 6.54. The summed E-state index contributed by atoms with van der Waals surface area (Å²) in [7, 11) is 0. The summed E-state index contributed by atoms with van der Waals surface area (Å²) < 4.78 is 0. The predicted octanol–water partition coefficient (Wildman–Crippen LogP) is 2.88. The van der Waals surface area contributed by atoms with Gasteiger partial charge in [-0.15, -0.1) is 0 Å². The highest BCUT2D eigenvalue weighted by Crippen LogP contribution is 2.25. The summed E-state index contributed by atoms with van der Waals surface area (Å²) in [5.74, 6) is -0.0870. The molecule has 2 aromatic rings. The third-order valence-corrected chi connectivity index (χ3v) is 5.51. The van der Waals surface area contributed by atoms with Crippen LogP contribution in [-0.2, 0) is 11.3 Å². The summed E-state index contributed by atoms with van der Waals surface area (Å²) in [5, 5.41) is 5.91. The minimum Gasteiger partial charge on any atom is -0.352 e. The number of nitrogens with zero attached hydrogens (tertiary/aromatic N) is 1. The average Bonchev–Trinajstić information content (AvgIpc) is 3.02. The molecular formula is C23H30N4O2. The van der Waals surface area contributed by atoms with Gasteiger partial charge in [-0.2, -0.15) is 0 Å². The molecule has 2 atom stereocenters. The second-order valence-electron chi connectivity index (χ2n) is 8.18. The first-order valence-corrected chi connectivity index (χ1v) is 10.0. The third kappa shape index (κ3) is 5.81. The highest BCUT2D eigenvalue weighted by molar-refractivity contribution is 5.79. The lowest BCUT2D eigenvalue weighted by Gasteiger charge is -2.28. The van der Waals surface area contributed by atoms with E-state index < -0.39 is 12.1 Å². The van der Waals surface area contributed by atoms with E-state index >= 15 is 0 Å². The first-order chi connectivity index (χ1) is 13.8. The topological polar surface area (TPSA) is 87.5 Å². The molecule has 154 valence electrons. The molecule has 0 spiro atoms. The fourth-order valence-electron chi connectivity index (χ4n) is 4.10. The van der Waals surface area contributed by atoms with E-state index in [-0.39, 0.29) is 17.9 Å². The number of aryl methyl sites for hydroxylation is 1. The fourth-order valence-corrected chi connectivity index (χ4v) is 4.10. The van der Waals surface area contributed by atoms with Crippen molar-refractivity contribution in [2.45, 2.75) is 44.8 Å². The zero-order chi connectivity index (χ0) is 20.9. The van der Waals surface area contributed by atoms with Gasteiger partial charge in [0, 0.05) is 19.6 Å². The maximum absolute atomic E-state index is 12.8. The maximum Gasteiger partial charge on any atom is 0.312 e. The standard InChI is InChI=1S/C23H30N4O2/c1-17-8-6-7-11-19(17)20(25-22(24)29)14-21(28)26-23(2)12-13-27(16-23)15-18-9-4-3-5-10-18/h3-11,20H,12-16H2,1-2H3,(H,26,28)(H3,24,25,29). The van der Waals surface area contributed by atoms with Gasteiger partial charge < -0.3 is 16.4 Å². The van der Waals surface area contributed by atoms with Crippen molar-refractivity contribution in [1.82, 2.24) is 15.5 Å². The molecule has 0 aromatic heterocycles. The first kappa shape index (κ1) is 20.9. The molecular weight excluding hydrogens is 364 g/mol. The maximum atomic E-state index is 12.8. The Hall–Kier alpha value is -2.86. The molecule has 2 aromatic carbocycles. The number of benzene rings is 2. The number of likely N-dealkylation sites (tertiary alicyclic amines) is 1. The van der Waals surface area contributed by atoms with Crippen molar-refractivity contribution in [3.05, 3.63) is 71.3 Å². The molecule has 0 bridgehead atoms. The van der Waals surface area contributed by atoms with Crippen LogP contribution in [0.5, 0.6) is 0 Å². The quantitative estimate of drug-likeness (QED) is 0.675. The number of urea groups is 1. The van der Waals surface area contributed by atoms with E-state index in [1.165, 1.54) is 5.56 Å². The summed E-state index contributed by atoms with van der Waals surface area (Å²) in [4.78, 5) is 26.7. The molecule has 1 saturated heterocycles. The van der Waals surface area contributed by atoms with Gasteiger partial charge in [-0.3, -0.25) is 9.69 Å². The minimum atomic E-state index is -0.632. The minimum absolute atomic E-state index is 0.0870. The number of rotatable bonds is 7. The lowest BCUT2D eigenvalue weighted by atomic mass is 9.97. The Bertz CT molecular complexity index is 855. The summed E-state index contributed by atoms with van der Waals surface area (Å²) in [5.41, 5.74) is 8.26. The Morgan fingerprint density at radius 3 is 2.52 bits per heavy atom. The molecule has 3 amide bonds. The second kappa shape index (κ2) is 9.09. The average molecular weight is 395 g/mol. The Morgan fingerprint density at radius 1 is 1.14 bits per heavy atom. The molecule has 4 N–H and O–H groups in total. The van der Waals surface area contributed by atoms with Crippen molar-refractivity contribution >= 4 is 11.9 Å². The Labute approximate surface area is 172 Å². The fraction of sp³-hybridized carbons (Fsp3) is 0.391. The summed E-state index contributed by atoms with van der Waals surface area (Å²) in [6, 6.07) is 17.0.